The number of aromatic nitrogens is 4. The van der Waals surface area contributed by atoms with Crippen molar-refractivity contribution in [3.8, 4) is 5.69 Å². The summed E-state index contributed by atoms with van der Waals surface area (Å²) in [5.41, 5.74) is 5.99. The molecule has 4 rings (SSSR count). The van der Waals surface area contributed by atoms with Gasteiger partial charge in [0.1, 0.15) is 0 Å². The van der Waals surface area contributed by atoms with Crippen molar-refractivity contribution in [3.63, 3.8) is 0 Å². The van der Waals surface area contributed by atoms with E-state index in [0.29, 0.717) is 18.2 Å². The quantitative estimate of drug-likeness (QED) is 0.637. The minimum absolute atomic E-state index is 0.156. The van der Waals surface area contributed by atoms with Crippen molar-refractivity contribution in [2.24, 2.45) is 5.92 Å². The number of amides is 1. The molecule has 0 saturated carbocycles. The Hall–Kier alpha value is -3.06. The fourth-order valence-corrected chi connectivity index (χ4v) is 4.06. The van der Waals surface area contributed by atoms with E-state index in [1.165, 1.54) is 16.7 Å². The van der Waals surface area contributed by atoms with Crippen LogP contribution in [0.2, 0.25) is 0 Å². The van der Waals surface area contributed by atoms with Crippen molar-refractivity contribution in [2.75, 3.05) is 13.1 Å². The Morgan fingerprint density at radius 2 is 2.10 bits per heavy atom. The van der Waals surface area contributed by atoms with E-state index in [9.17, 15) is 4.79 Å². The van der Waals surface area contributed by atoms with Crippen LogP contribution in [0, 0.1) is 12.8 Å². The van der Waals surface area contributed by atoms with Crippen molar-refractivity contribution in [1.29, 1.82) is 0 Å². The minimum Gasteiger partial charge on any atom is -0.351 e. The Labute approximate surface area is 183 Å². The first kappa shape index (κ1) is 21.2. The second kappa shape index (κ2) is 9.39. The average Bonchev–Trinajstić information content (AvgIpc) is 3.14. The fraction of sp³-hybridized carbons (Fsp3) is 0.417. The van der Waals surface area contributed by atoms with Crippen LogP contribution in [0.4, 0.5) is 0 Å². The maximum absolute atomic E-state index is 12.6. The van der Waals surface area contributed by atoms with Crippen molar-refractivity contribution >= 4 is 5.91 Å². The molecule has 3 aromatic rings. The first-order valence-electron chi connectivity index (χ1n) is 11.0. The third-order valence-electron chi connectivity index (χ3n) is 5.79. The van der Waals surface area contributed by atoms with E-state index in [-0.39, 0.29) is 5.91 Å². The van der Waals surface area contributed by atoms with Gasteiger partial charge in [0.2, 0.25) is 0 Å². The molecule has 7 heteroatoms. The molecule has 31 heavy (non-hydrogen) atoms. The molecule has 0 spiro atoms. The lowest BCUT2D eigenvalue weighted by atomic mass is 9.97. The number of hydrogen-bond acceptors (Lipinski definition) is 5. The van der Waals surface area contributed by atoms with Gasteiger partial charge in [0.15, 0.2) is 5.69 Å². The van der Waals surface area contributed by atoms with Gasteiger partial charge in [-0.25, -0.2) is 4.68 Å². The van der Waals surface area contributed by atoms with Crippen LogP contribution in [-0.2, 0) is 19.5 Å². The number of nitrogens with one attached hydrogen (secondary N) is 1. The van der Waals surface area contributed by atoms with Gasteiger partial charge in [-0.05, 0) is 54.5 Å². The van der Waals surface area contributed by atoms with Gasteiger partial charge in [0.25, 0.3) is 5.91 Å². The maximum Gasteiger partial charge on any atom is 0.273 e. The summed E-state index contributed by atoms with van der Waals surface area (Å²) in [5, 5.41) is 11.5. The molecule has 3 heterocycles. The number of benzene rings is 1. The molecule has 1 amide bonds. The molecular formula is C24H30N6O. The molecule has 1 aliphatic rings. The number of rotatable bonds is 7. The Bertz CT molecular complexity index is 1040. The van der Waals surface area contributed by atoms with Gasteiger partial charge in [-0.2, -0.15) is 0 Å². The lowest BCUT2D eigenvalue weighted by molar-refractivity contribution is 0.0946. The molecule has 1 aromatic carbocycles. The smallest absolute Gasteiger partial charge is 0.273 e. The molecular weight excluding hydrogens is 388 g/mol. The standard InChI is InChI=1S/C24H30N6O/c1-17(2)9-12-26-24(31)23-18(3)30(28-27-23)22-8-4-7-20-16-29(13-10-21(20)22)15-19-6-5-11-25-14-19/h4-8,11,14,17H,9-10,12-13,15-16H2,1-3H3,(H,26,31). The normalized spacial score (nSPS) is 13.9. The van der Waals surface area contributed by atoms with E-state index in [1.807, 2.05) is 23.9 Å². The number of fused-ring (bicyclic) bond motifs is 1. The topological polar surface area (TPSA) is 75.9 Å². The first-order valence-corrected chi connectivity index (χ1v) is 11.0. The minimum atomic E-state index is -0.156. The van der Waals surface area contributed by atoms with E-state index < -0.39 is 0 Å². The molecule has 7 nitrogen and oxygen atoms in total. The summed E-state index contributed by atoms with van der Waals surface area (Å²) in [6.07, 6.45) is 5.61. The molecule has 162 valence electrons. The number of carbonyl (C=O) groups is 1. The van der Waals surface area contributed by atoms with Crippen molar-refractivity contribution in [3.05, 3.63) is 70.8 Å². The van der Waals surface area contributed by atoms with E-state index >= 15 is 0 Å². The lowest BCUT2D eigenvalue weighted by Gasteiger charge is -2.30. The van der Waals surface area contributed by atoms with E-state index in [4.69, 9.17) is 0 Å². The number of carbonyl (C=O) groups excluding carboxylic acids is 1. The Balaban J connectivity index is 1.51. The fourth-order valence-electron chi connectivity index (χ4n) is 4.06. The monoisotopic (exact) mass is 418 g/mol. The molecule has 0 atom stereocenters. The van der Waals surface area contributed by atoms with Crippen LogP contribution < -0.4 is 5.32 Å². The summed E-state index contributed by atoms with van der Waals surface area (Å²) < 4.78 is 1.81. The molecule has 0 fully saturated rings. The van der Waals surface area contributed by atoms with Crippen molar-refractivity contribution < 1.29 is 4.79 Å². The Kier molecular flexibility index (Phi) is 6.42. The highest BCUT2D eigenvalue weighted by Gasteiger charge is 2.23. The number of nitrogens with zero attached hydrogens (tertiary/aromatic N) is 5. The van der Waals surface area contributed by atoms with Gasteiger partial charge in [-0.3, -0.25) is 14.7 Å². The van der Waals surface area contributed by atoms with Crippen LogP contribution >= 0.6 is 0 Å². The zero-order valence-corrected chi connectivity index (χ0v) is 18.5. The number of hydrogen-bond donors (Lipinski definition) is 1. The van der Waals surface area contributed by atoms with Crippen LogP contribution in [0.1, 0.15) is 53.1 Å². The summed E-state index contributed by atoms with van der Waals surface area (Å²) >= 11 is 0. The molecule has 1 N–H and O–H groups in total. The molecule has 0 bridgehead atoms. The summed E-state index contributed by atoms with van der Waals surface area (Å²) in [7, 11) is 0. The predicted octanol–water partition coefficient (Wildman–Crippen LogP) is 3.30. The third-order valence-corrected chi connectivity index (χ3v) is 5.79. The van der Waals surface area contributed by atoms with Gasteiger partial charge in [-0.1, -0.05) is 37.3 Å². The molecule has 0 aliphatic carbocycles. The highest BCUT2D eigenvalue weighted by atomic mass is 16.2. The summed E-state index contributed by atoms with van der Waals surface area (Å²) in [5.74, 6) is 0.391. The maximum atomic E-state index is 12.6. The highest BCUT2D eigenvalue weighted by molar-refractivity contribution is 5.93. The van der Waals surface area contributed by atoms with Crippen molar-refractivity contribution in [1.82, 2.24) is 30.2 Å². The third kappa shape index (κ3) is 4.82. The van der Waals surface area contributed by atoms with Gasteiger partial charge in [-0.15, -0.1) is 5.10 Å². The largest absolute Gasteiger partial charge is 0.351 e. The first-order chi connectivity index (χ1) is 15.0. The van der Waals surface area contributed by atoms with Crippen LogP contribution in [0.25, 0.3) is 5.69 Å². The van der Waals surface area contributed by atoms with E-state index in [0.717, 1.165) is 43.9 Å². The molecule has 0 radical (unpaired) electrons. The van der Waals surface area contributed by atoms with Crippen LogP contribution in [0.5, 0.6) is 0 Å². The Morgan fingerprint density at radius 3 is 2.87 bits per heavy atom. The van der Waals surface area contributed by atoms with Gasteiger partial charge in [0.05, 0.1) is 11.4 Å². The SMILES string of the molecule is Cc1c(C(=O)NCCC(C)C)nnn1-c1cccc2c1CCN(Cc1cccnc1)C2. The van der Waals surface area contributed by atoms with E-state index in [1.54, 1.807) is 6.20 Å². The highest BCUT2D eigenvalue weighted by Crippen LogP contribution is 2.27. The molecule has 1 aliphatic heterocycles. The molecule has 0 saturated heterocycles. The number of pyridine rings is 1. The summed E-state index contributed by atoms with van der Waals surface area (Å²) in [4.78, 5) is 19.2. The van der Waals surface area contributed by atoms with Crippen LogP contribution in [0.15, 0.2) is 42.7 Å². The summed E-state index contributed by atoms with van der Waals surface area (Å²) in [6, 6.07) is 10.4. The lowest BCUT2D eigenvalue weighted by Crippen LogP contribution is -2.31. The summed E-state index contributed by atoms with van der Waals surface area (Å²) in [6.45, 7) is 9.59. The molecule has 2 aromatic heterocycles. The van der Waals surface area contributed by atoms with Crippen LogP contribution in [0.3, 0.4) is 0 Å². The van der Waals surface area contributed by atoms with Crippen molar-refractivity contribution in [2.45, 2.75) is 46.7 Å². The van der Waals surface area contributed by atoms with Crippen LogP contribution in [-0.4, -0.2) is 43.9 Å². The van der Waals surface area contributed by atoms with E-state index in [2.05, 4.69) is 63.6 Å². The van der Waals surface area contributed by atoms with Gasteiger partial charge < -0.3 is 5.32 Å². The van der Waals surface area contributed by atoms with Gasteiger partial charge >= 0.3 is 0 Å². The second-order valence-electron chi connectivity index (χ2n) is 8.61. The molecule has 0 unspecified atom stereocenters. The average molecular weight is 419 g/mol. The second-order valence-corrected chi connectivity index (χ2v) is 8.61. The zero-order valence-electron chi connectivity index (χ0n) is 18.5. The Morgan fingerprint density at radius 1 is 1.23 bits per heavy atom. The zero-order chi connectivity index (χ0) is 21.8. The van der Waals surface area contributed by atoms with Gasteiger partial charge in [0, 0.05) is 38.6 Å². The predicted molar refractivity (Wildman–Crippen MR) is 120 cm³/mol.